The molecule has 0 spiro atoms. The zero-order valence-electron chi connectivity index (χ0n) is 22.3. The van der Waals surface area contributed by atoms with E-state index in [4.69, 9.17) is 1.37 Å². The molecule has 0 N–H and O–H groups in total. The lowest BCUT2D eigenvalue weighted by Gasteiger charge is -2.23. The molecule has 0 bridgehead atoms. The summed E-state index contributed by atoms with van der Waals surface area (Å²) in [6.07, 6.45) is 7.39. The molecule has 0 fully saturated rings. The second-order valence-corrected chi connectivity index (χ2v) is 8.78. The minimum Gasteiger partial charge on any atom is -0.466 e. The molecule has 2 aromatic heterocycles. The molecular formula is C31H25FN4O3. The molecule has 0 aliphatic rings. The van der Waals surface area contributed by atoms with Crippen molar-refractivity contribution in [2.45, 2.75) is 6.52 Å². The fourth-order valence-corrected chi connectivity index (χ4v) is 4.16. The van der Waals surface area contributed by atoms with Crippen LogP contribution in [0.1, 0.15) is 22.9 Å². The molecule has 0 aliphatic heterocycles. The Morgan fingerprint density at radius 2 is 1.79 bits per heavy atom. The lowest BCUT2D eigenvalue weighted by atomic mass is 10.0. The van der Waals surface area contributed by atoms with E-state index >= 15 is 4.39 Å². The molecule has 0 aliphatic carbocycles. The molecule has 0 saturated carbocycles. The van der Waals surface area contributed by atoms with Crippen molar-refractivity contribution >= 4 is 34.5 Å². The predicted octanol–water partition coefficient (Wildman–Crippen LogP) is 5.81. The van der Waals surface area contributed by atoms with E-state index < -0.39 is 24.2 Å². The molecule has 7 nitrogen and oxygen atoms in total. The van der Waals surface area contributed by atoms with Crippen LogP contribution in [0.3, 0.4) is 0 Å². The van der Waals surface area contributed by atoms with Gasteiger partial charge in [0.15, 0.2) is 0 Å². The molecule has 5 aromatic rings. The highest BCUT2D eigenvalue weighted by Crippen LogP contribution is 2.28. The Morgan fingerprint density at radius 3 is 2.56 bits per heavy atom. The number of carbonyl (C=O) groups is 2. The zero-order valence-corrected chi connectivity index (χ0v) is 21.3. The SMILES string of the molecule is [2H]C(c1ccc(-c2ccc3c(cnn3C)c2)cc1F)N(C(=O)c1ccccc1)c1cncc(/C=C/C(=O)OC)c1. The Bertz CT molecular complexity index is 1740. The minimum atomic E-state index is -1.43. The van der Waals surface area contributed by atoms with E-state index in [1.807, 2.05) is 25.2 Å². The predicted molar refractivity (Wildman–Crippen MR) is 148 cm³/mol. The van der Waals surface area contributed by atoms with Crippen molar-refractivity contribution in [1.29, 1.82) is 0 Å². The van der Waals surface area contributed by atoms with Crippen molar-refractivity contribution in [3.63, 3.8) is 0 Å². The van der Waals surface area contributed by atoms with E-state index in [2.05, 4.69) is 14.8 Å². The average molecular weight is 522 g/mol. The Kier molecular flexibility index (Phi) is 6.90. The van der Waals surface area contributed by atoms with Crippen LogP contribution in [0.25, 0.3) is 28.1 Å². The van der Waals surface area contributed by atoms with Gasteiger partial charge in [-0.3, -0.25) is 14.5 Å². The number of aryl methyl sites for hydroxylation is 1. The van der Waals surface area contributed by atoms with Gasteiger partial charge >= 0.3 is 5.97 Å². The number of pyridine rings is 1. The summed E-state index contributed by atoms with van der Waals surface area (Å²) in [7, 11) is 3.12. The van der Waals surface area contributed by atoms with Crippen molar-refractivity contribution in [3.8, 4) is 11.1 Å². The van der Waals surface area contributed by atoms with E-state index in [0.29, 0.717) is 16.7 Å². The van der Waals surface area contributed by atoms with Crippen LogP contribution < -0.4 is 4.90 Å². The van der Waals surface area contributed by atoms with Crippen LogP contribution in [0.2, 0.25) is 0 Å². The molecule has 3 aromatic carbocycles. The number of hydrogen-bond donors (Lipinski definition) is 0. The second-order valence-electron chi connectivity index (χ2n) is 8.78. The highest BCUT2D eigenvalue weighted by Gasteiger charge is 2.21. The Morgan fingerprint density at radius 1 is 1.03 bits per heavy atom. The number of nitrogens with zero attached hydrogens (tertiary/aromatic N) is 4. The third kappa shape index (κ3) is 5.60. The van der Waals surface area contributed by atoms with E-state index in [-0.39, 0.29) is 11.3 Å². The first-order valence-corrected chi connectivity index (χ1v) is 12.1. The van der Waals surface area contributed by atoms with Gasteiger partial charge in [0.1, 0.15) is 5.82 Å². The summed E-state index contributed by atoms with van der Waals surface area (Å²) in [5.41, 5.74) is 3.52. The summed E-state index contributed by atoms with van der Waals surface area (Å²) in [5, 5.41) is 5.18. The van der Waals surface area contributed by atoms with Crippen molar-refractivity contribution < 1.29 is 20.1 Å². The highest BCUT2D eigenvalue weighted by molar-refractivity contribution is 6.06. The van der Waals surface area contributed by atoms with Crippen LogP contribution in [0.15, 0.2) is 97.5 Å². The van der Waals surface area contributed by atoms with Gasteiger partial charge in [-0.25, -0.2) is 9.18 Å². The number of benzene rings is 3. The monoisotopic (exact) mass is 521 g/mol. The fraction of sp³-hybridized carbons (Fsp3) is 0.0968. The maximum Gasteiger partial charge on any atom is 0.330 e. The minimum absolute atomic E-state index is 0.0194. The molecular weight excluding hydrogens is 495 g/mol. The van der Waals surface area contributed by atoms with Gasteiger partial charge in [0.25, 0.3) is 5.91 Å². The third-order valence-electron chi connectivity index (χ3n) is 6.22. The number of ether oxygens (including phenoxy) is 1. The summed E-state index contributed by atoms with van der Waals surface area (Å²) < 4.78 is 31.0. The van der Waals surface area contributed by atoms with Crippen LogP contribution in [0.5, 0.6) is 0 Å². The maximum atomic E-state index is 15.6. The first-order valence-electron chi connectivity index (χ1n) is 12.7. The molecule has 1 unspecified atom stereocenters. The molecule has 194 valence electrons. The van der Waals surface area contributed by atoms with E-state index in [1.54, 1.807) is 53.3 Å². The van der Waals surface area contributed by atoms with E-state index in [1.165, 1.54) is 48.7 Å². The first kappa shape index (κ1) is 24.2. The lowest BCUT2D eigenvalue weighted by molar-refractivity contribution is -0.134. The number of esters is 1. The van der Waals surface area contributed by atoms with Gasteiger partial charge in [0.05, 0.1) is 38.6 Å². The summed E-state index contributed by atoms with van der Waals surface area (Å²) in [6.45, 7) is -1.43. The summed E-state index contributed by atoms with van der Waals surface area (Å²) >= 11 is 0. The van der Waals surface area contributed by atoms with Crippen molar-refractivity contribution in [1.82, 2.24) is 14.8 Å². The number of fused-ring (bicyclic) bond motifs is 1. The molecule has 2 heterocycles. The number of amides is 1. The second kappa shape index (κ2) is 11.1. The first-order chi connectivity index (χ1) is 19.4. The van der Waals surface area contributed by atoms with Gasteiger partial charge in [-0.15, -0.1) is 0 Å². The standard InChI is InChI=1S/C31H25FN4O3/c1-35-29-12-11-23(15-26(29)18-34-35)24-9-10-25(28(32)16-24)20-36(31(38)22-6-4-3-5-7-22)27-14-21(17-33-19-27)8-13-30(37)39-2/h3-19H,20H2,1-2H3/b13-8+/i20D. The molecule has 39 heavy (non-hydrogen) atoms. The lowest BCUT2D eigenvalue weighted by Crippen LogP contribution is -2.31. The highest BCUT2D eigenvalue weighted by atomic mass is 19.1. The van der Waals surface area contributed by atoms with Gasteiger partial charge in [0.2, 0.25) is 0 Å². The number of anilines is 1. The van der Waals surface area contributed by atoms with Crippen LogP contribution in [-0.2, 0) is 23.1 Å². The van der Waals surface area contributed by atoms with E-state index in [9.17, 15) is 9.59 Å². The summed E-state index contributed by atoms with van der Waals surface area (Å²) in [6, 6.07) is 20.4. The smallest absolute Gasteiger partial charge is 0.330 e. The van der Waals surface area contributed by atoms with Gasteiger partial charge in [-0.05, 0) is 59.2 Å². The molecule has 0 radical (unpaired) electrons. The van der Waals surface area contributed by atoms with E-state index in [0.717, 1.165) is 16.5 Å². The number of aromatic nitrogens is 3. The average Bonchev–Trinajstić information content (AvgIpc) is 3.36. The third-order valence-corrected chi connectivity index (χ3v) is 6.22. The van der Waals surface area contributed by atoms with Crippen LogP contribution in [-0.4, -0.2) is 33.8 Å². The van der Waals surface area contributed by atoms with Crippen LogP contribution >= 0.6 is 0 Å². The summed E-state index contributed by atoms with van der Waals surface area (Å²) in [5.74, 6) is -1.67. The molecule has 0 saturated heterocycles. The van der Waals surface area contributed by atoms with Crippen LogP contribution in [0, 0.1) is 5.82 Å². The van der Waals surface area contributed by atoms with Gasteiger partial charge < -0.3 is 9.64 Å². The van der Waals surface area contributed by atoms with Crippen LogP contribution in [0.4, 0.5) is 10.1 Å². The quantitative estimate of drug-likeness (QED) is 0.200. The normalized spacial score (nSPS) is 12.3. The number of hydrogen-bond acceptors (Lipinski definition) is 5. The fourth-order valence-electron chi connectivity index (χ4n) is 4.16. The zero-order chi connectivity index (χ0) is 28.2. The molecule has 1 atom stereocenters. The molecule has 8 heteroatoms. The number of rotatable bonds is 7. The van der Waals surface area contributed by atoms with Crippen molar-refractivity contribution in [2.24, 2.45) is 7.05 Å². The molecule has 5 rings (SSSR count). The van der Waals surface area contributed by atoms with Crippen molar-refractivity contribution in [3.05, 3.63) is 120 Å². The van der Waals surface area contributed by atoms with Gasteiger partial charge in [-0.2, -0.15) is 5.10 Å². The topological polar surface area (TPSA) is 77.3 Å². The Balaban J connectivity index is 1.53. The van der Waals surface area contributed by atoms with Crippen molar-refractivity contribution in [2.75, 3.05) is 12.0 Å². The Hall–Kier alpha value is -5.11. The van der Waals surface area contributed by atoms with Gasteiger partial charge in [-0.1, -0.05) is 36.4 Å². The molecule has 1 amide bonds. The summed E-state index contributed by atoms with van der Waals surface area (Å²) in [4.78, 5) is 30.6. The number of methoxy groups -OCH3 is 1. The maximum absolute atomic E-state index is 15.6. The number of carbonyl (C=O) groups excluding carboxylic acids is 2. The number of halogens is 1. The largest absolute Gasteiger partial charge is 0.466 e. The Labute approximate surface area is 226 Å². The van der Waals surface area contributed by atoms with Gasteiger partial charge in [0, 0.05) is 35.8 Å².